The second kappa shape index (κ2) is 9.98. The smallest absolute Gasteiger partial charge is 0.283 e. The Morgan fingerprint density at radius 3 is 2.79 bits per heavy atom. The van der Waals surface area contributed by atoms with Gasteiger partial charge in [0.15, 0.2) is 5.84 Å². The van der Waals surface area contributed by atoms with E-state index in [0.717, 1.165) is 33.5 Å². The number of thioether (sulfide) groups is 1. The van der Waals surface area contributed by atoms with E-state index in [0.29, 0.717) is 23.4 Å². The van der Waals surface area contributed by atoms with E-state index in [1.807, 2.05) is 66.9 Å². The highest BCUT2D eigenvalue weighted by Gasteiger charge is 2.36. The number of amides is 1. The quantitative estimate of drug-likeness (QED) is 0.350. The van der Waals surface area contributed by atoms with Crippen LogP contribution in [0.4, 0.5) is 0 Å². The van der Waals surface area contributed by atoms with Crippen LogP contribution in [-0.4, -0.2) is 50.2 Å². The zero-order valence-electron chi connectivity index (χ0n) is 20.4. The Morgan fingerprint density at radius 2 is 1.95 bits per heavy atom. The van der Waals surface area contributed by atoms with Crippen LogP contribution in [0.1, 0.15) is 11.1 Å². The highest BCUT2D eigenvalue weighted by atomic mass is 32.2. The molecule has 0 bridgehead atoms. The van der Waals surface area contributed by atoms with E-state index in [-0.39, 0.29) is 11.4 Å². The zero-order valence-corrected chi connectivity index (χ0v) is 21.2. The first-order valence-electron chi connectivity index (χ1n) is 11.9. The molecule has 1 N–H and O–H groups in total. The SMILES string of the molecule is COc1cccc(OCCn2cc(C=C3C(=N)N4N=C(c5cccnc5)SC4=NC3=O)c3ccccc32)c1. The minimum absolute atomic E-state index is 0.00965. The lowest BCUT2D eigenvalue weighted by atomic mass is 10.1. The van der Waals surface area contributed by atoms with Gasteiger partial charge < -0.3 is 14.0 Å². The predicted octanol–water partition coefficient (Wildman–Crippen LogP) is 4.79. The van der Waals surface area contributed by atoms with Crippen molar-refractivity contribution < 1.29 is 14.3 Å². The Morgan fingerprint density at radius 1 is 1.08 bits per heavy atom. The van der Waals surface area contributed by atoms with Crippen LogP contribution in [0.5, 0.6) is 11.5 Å². The molecule has 2 aromatic carbocycles. The molecule has 0 radical (unpaired) electrons. The summed E-state index contributed by atoms with van der Waals surface area (Å²) in [6, 6.07) is 19.1. The summed E-state index contributed by atoms with van der Waals surface area (Å²) in [5.74, 6) is 0.994. The Hall–Kier alpha value is -4.70. The third-order valence-electron chi connectivity index (χ3n) is 6.12. The van der Waals surface area contributed by atoms with Gasteiger partial charge in [-0.05, 0) is 48.2 Å². The van der Waals surface area contributed by atoms with Crippen molar-refractivity contribution in [2.24, 2.45) is 10.1 Å². The molecule has 2 aliphatic rings. The molecule has 2 aliphatic heterocycles. The van der Waals surface area contributed by atoms with Gasteiger partial charge in [-0.1, -0.05) is 24.3 Å². The topological polar surface area (TPSA) is 105 Å². The summed E-state index contributed by atoms with van der Waals surface area (Å²) in [4.78, 5) is 21.3. The van der Waals surface area contributed by atoms with Crippen LogP contribution >= 0.6 is 11.8 Å². The number of carbonyl (C=O) groups is 1. The van der Waals surface area contributed by atoms with Crippen molar-refractivity contribution in [2.45, 2.75) is 6.54 Å². The molecule has 0 saturated heterocycles. The zero-order chi connectivity index (χ0) is 26.1. The third-order valence-corrected chi connectivity index (χ3v) is 7.08. The molecule has 0 fully saturated rings. The van der Waals surface area contributed by atoms with Crippen LogP contribution in [0.2, 0.25) is 0 Å². The minimum Gasteiger partial charge on any atom is -0.497 e. The second-order valence-electron chi connectivity index (χ2n) is 8.49. The Kier molecular flexibility index (Phi) is 6.22. The number of hydrogen-bond donors (Lipinski definition) is 1. The number of para-hydroxylation sites is 1. The third kappa shape index (κ3) is 4.46. The largest absolute Gasteiger partial charge is 0.497 e. The average Bonchev–Trinajstić information content (AvgIpc) is 3.53. The molecule has 0 aliphatic carbocycles. The number of hydrogen-bond acceptors (Lipinski definition) is 7. The number of hydrazone groups is 1. The van der Waals surface area contributed by atoms with Gasteiger partial charge in [0, 0.05) is 46.7 Å². The molecule has 9 nitrogen and oxygen atoms in total. The Bertz CT molecular complexity index is 1660. The number of carbonyl (C=O) groups excluding carboxylic acids is 1. The van der Waals surface area contributed by atoms with Gasteiger partial charge in [-0.25, -0.2) is 0 Å². The monoisotopic (exact) mass is 522 g/mol. The first kappa shape index (κ1) is 23.7. The molecule has 38 heavy (non-hydrogen) atoms. The van der Waals surface area contributed by atoms with Gasteiger partial charge in [0.25, 0.3) is 5.91 Å². The van der Waals surface area contributed by atoms with Crippen LogP contribution < -0.4 is 9.47 Å². The van der Waals surface area contributed by atoms with Crippen LogP contribution in [-0.2, 0) is 11.3 Å². The maximum Gasteiger partial charge on any atom is 0.283 e. The summed E-state index contributed by atoms with van der Waals surface area (Å²) in [5.41, 5.74) is 2.80. The van der Waals surface area contributed by atoms with Crippen molar-refractivity contribution in [1.82, 2.24) is 14.6 Å². The first-order valence-corrected chi connectivity index (χ1v) is 12.7. The number of aliphatic imine (C=N–C) groups is 1. The number of ether oxygens (including phenoxy) is 2. The summed E-state index contributed by atoms with van der Waals surface area (Å²) in [7, 11) is 1.62. The predicted molar refractivity (Wildman–Crippen MR) is 149 cm³/mol. The molecular formula is C28H22N6O3S. The summed E-state index contributed by atoms with van der Waals surface area (Å²) in [5, 5.41) is 16.7. The molecule has 4 aromatic rings. The minimum atomic E-state index is -0.463. The molecular weight excluding hydrogens is 500 g/mol. The normalized spacial score (nSPS) is 16.0. The van der Waals surface area contributed by atoms with Gasteiger partial charge in [-0.3, -0.25) is 15.2 Å². The number of nitrogens with one attached hydrogen (secondary N) is 1. The fourth-order valence-corrected chi connectivity index (χ4v) is 5.16. The molecule has 10 heteroatoms. The number of rotatable bonds is 7. The molecule has 6 rings (SSSR count). The van der Waals surface area contributed by atoms with E-state index in [2.05, 4.69) is 19.6 Å². The van der Waals surface area contributed by atoms with E-state index in [1.165, 1.54) is 16.8 Å². The number of methoxy groups -OCH3 is 1. The molecule has 188 valence electrons. The summed E-state index contributed by atoms with van der Waals surface area (Å²) < 4.78 is 13.3. The number of fused-ring (bicyclic) bond motifs is 2. The maximum atomic E-state index is 13.0. The van der Waals surface area contributed by atoms with E-state index < -0.39 is 5.91 Å². The van der Waals surface area contributed by atoms with Crippen LogP contribution in [0.15, 0.2) is 94.9 Å². The van der Waals surface area contributed by atoms with Gasteiger partial charge in [0.2, 0.25) is 5.17 Å². The summed E-state index contributed by atoms with van der Waals surface area (Å²) in [6.45, 7) is 1.04. The average molecular weight is 523 g/mol. The summed E-state index contributed by atoms with van der Waals surface area (Å²) >= 11 is 1.25. The van der Waals surface area contributed by atoms with Crippen molar-refractivity contribution in [3.63, 3.8) is 0 Å². The highest BCUT2D eigenvalue weighted by Crippen LogP contribution is 2.32. The van der Waals surface area contributed by atoms with Crippen LogP contribution in [0, 0.1) is 5.41 Å². The van der Waals surface area contributed by atoms with E-state index in [1.54, 1.807) is 25.6 Å². The first-order chi connectivity index (χ1) is 18.6. The molecule has 2 aromatic heterocycles. The molecule has 4 heterocycles. The second-order valence-corrected chi connectivity index (χ2v) is 9.45. The van der Waals surface area contributed by atoms with Crippen molar-refractivity contribution in [2.75, 3.05) is 13.7 Å². The van der Waals surface area contributed by atoms with Crippen molar-refractivity contribution in [1.29, 1.82) is 5.41 Å². The van der Waals surface area contributed by atoms with Crippen LogP contribution in [0.3, 0.4) is 0 Å². The molecule has 0 unspecified atom stereocenters. The lowest BCUT2D eigenvalue weighted by Crippen LogP contribution is -2.35. The number of aromatic nitrogens is 2. The fraction of sp³-hybridized carbons (Fsp3) is 0.107. The van der Waals surface area contributed by atoms with Gasteiger partial charge in [0.05, 0.1) is 19.2 Å². The standard InChI is InChI=1S/C28H22N6O3S/c1-36-20-7-4-8-21(15-20)37-13-12-33-17-19(22-9-2-3-10-24(22)33)14-23-25(29)34-28(31-26(23)35)38-27(32-34)18-6-5-11-30-16-18/h2-11,14-17,29H,12-13H2,1H3. The van der Waals surface area contributed by atoms with Crippen molar-refractivity contribution in [3.05, 3.63) is 96.0 Å². The summed E-state index contributed by atoms with van der Waals surface area (Å²) in [6.07, 6.45) is 7.06. The lowest BCUT2D eigenvalue weighted by Gasteiger charge is -2.20. The number of pyridine rings is 1. The Labute approximate surface area is 222 Å². The maximum absolute atomic E-state index is 13.0. The van der Waals surface area contributed by atoms with Gasteiger partial charge in [-0.15, -0.1) is 0 Å². The number of amidine groups is 2. The van der Waals surface area contributed by atoms with Gasteiger partial charge >= 0.3 is 0 Å². The molecule has 1 amide bonds. The molecule has 0 atom stereocenters. The molecule has 0 saturated carbocycles. The van der Waals surface area contributed by atoms with E-state index >= 15 is 0 Å². The number of nitrogens with zero attached hydrogens (tertiary/aromatic N) is 5. The fourth-order valence-electron chi connectivity index (χ4n) is 4.28. The van der Waals surface area contributed by atoms with E-state index in [4.69, 9.17) is 14.9 Å². The van der Waals surface area contributed by atoms with E-state index in [9.17, 15) is 4.79 Å². The van der Waals surface area contributed by atoms with Crippen LogP contribution in [0.25, 0.3) is 17.0 Å². The number of benzene rings is 2. The molecule has 0 spiro atoms. The van der Waals surface area contributed by atoms with Gasteiger partial charge in [-0.2, -0.15) is 15.1 Å². The highest BCUT2D eigenvalue weighted by molar-refractivity contribution is 8.27. The van der Waals surface area contributed by atoms with Crippen molar-refractivity contribution >= 4 is 50.7 Å². The lowest BCUT2D eigenvalue weighted by molar-refractivity contribution is -0.114. The van der Waals surface area contributed by atoms with Crippen molar-refractivity contribution in [3.8, 4) is 11.5 Å². The van der Waals surface area contributed by atoms with Gasteiger partial charge in [0.1, 0.15) is 23.1 Å². The Balaban J connectivity index is 1.27.